The van der Waals surface area contributed by atoms with E-state index in [1.807, 2.05) is 6.07 Å². The molecule has 2 aliphatic rings. The van der Waals surface area contributed by atoms with Gasteiger partial charge < -0.3 is 23.7 Å². The number of ether oxygens (including phenoxy) is 2. The standard InChI is InChI=1S/C28H24ClF4N5O3/c29-19-15-18(36-10-12-40-13-11-36)3-4-22(19)41-16-24(39)38-9-6-21-26(27(38)25-20(30)2-1-7-34-25)37-8-5-17(28(31,32)33)14-23(37)35-21/h1-5,7-8,14-15,27H,6,9-13,16H2. The van der Waals surface area contributed by atoms with Crippen LogP contribution in [-0.2, 0) is 22.1 Å². The van der Waals surface area contributed by atoms with Crippen LogP contribution in [0.3, 0.4) is 0 Å². The van der Waals surface area contributed by atoms with Crippen molar-refractivity contribution in [3.05, 3.63) is 88.3 Å². The van der Waals surface area contributed by atoms with Crippen LogP contribution in [0, 0.1) is 5.82 Å². The van der Waals surface area contributed by atoms with Crippen LogP contribution in [0.1, 0.15) is 28.7 Å². The van der Waals surface area contributed by atoms with Gasteiger partial charge in [0.05, 0.1) is 35.2 Å². The molecule has 214 valence electrons. The van der Waals surface area contributed by atoms with Gasteiger partial charge in [-0.1, -0.05) is 11.6 Å². The normalized spacial score (nSPS) is 17.5. The molecule has 5 heterocycles. The predicted molar refractivity (Wildman–Crippen MR) is 142 cm³/mol. The molecule has 8 nitrogen and oxygen atoms in total. The lowest BCUT2D eigenvalue weighted by atomic mass is 9.98. The molecule has 6 rings (SSSR count). The number of pyridine rings is 2. The highest BCUT2D eigenvalue weighted by Crippen LogP contribution is 2.38. The molecule has 1 saturated heterocycles. The fraction of sp³-hybridized carbons (Fsp3) is 0.321. The van der Waals surface area contributed by atoms with Gasteiger partial charge in [-0.15, -0.1) is 0 Å². The van der Waals surface area contributed by atoms with Crippen LogP contribution in [0.2, 0.25) is 5.02 Å². The lowest BCUT2D eigenvalue weighted by molar-refractivity contribution is -0.137. The zero-order chi connectivity index (χ0) is 28.7. The predicted octanol–water partition coefficient (Wildman–Crippen LogP) is 4.93. The molecule has 1 amide bonds. The van der Waals surface area contributed by atoms with Crippen LogP contribution < -0.4 is 9.64 Å². The molecule has 2 aliphatic heterocycles. The van der Waals surface area contributed by atoms with E-state index in [-0.39, 0.29) is 24.3 Å². The smallest absolute Gasteiger partial charge is 0.416 e. The van der Waals surface area contributed by atoms with Gasteiger partial charge in [0.25, 0.3) is 5.91 Å². The number of anilines is 1. The maximum absolute atomic E-state index is 15.1. The number of amides is 1. The minimum Gasteiger partial charge on any atom is -0.482 e. The minimum absolute atomic E-state index is 0.0450. The summed E-state index contributed by atoms with van der Waals surface area (Å²) in [5.74, 6) is -0.821. The molecule has 1 atom stereocenters. The topological polar surface area (TPSA) is 72.2 Å². The Morgan fingerprint density at radius 3 is 2.66 bits per heavy atom. The van der Waals surface area contributed by atoms with E-state index in [0.29, 0.717) is 35.4 Å². The summed E-state index contributed by atoms with van der Waals surface area (Å²) in [6, 6.07) is 8.76. The Morgan fingerprint density at radius 1 is 1.12 bits per heavy atom. The van der Waals surface area contributed by atoms with Gasteiger partial charge >= 0.3 is 6.18 Å². The zero-order valence-corrected chi connectivity index (χ0v) is 22.3. The number of aromatic nitrogens is 3. The zero-order valence-electron chi connectivity index (χ0n) is 21.6. The van der Waals surface area contributed by atoms with Gasteiger partial charge in [-0.2, -0.15) is 13.2 Å². The fourth-order valence-electron chi connectivity index (χ4n) is 5.26. The molecule has 3 aromatic heterocycles. The Bertz CT molecular complexity index is 1610. The average molecular weight is 590 g/mol. The summed E-state index contributed by atoms with van der Waals surface area (Å²) in [6.07, 6.45) is -1.67. The molecule has 0 N–H and O–H groups in total. The quantitative estimate of drug-likeness (QED) is 0.308. The summed E-state index contributed by atoms with van der Waals surface area (Å²) < 4.78 is 67.8. The number of hydrogen-bond acceptors (Lipinski definition) is 6. The molecule has 13 heteroatoms. The molecule has 4 aromatic rings. The molecule has 1 fully saturated rings. The molecule has 1 aromatic carbocycles. The van der Waals surface area contributed by atoms with Crippen LogP contribution in [0.5, 0.6) is 5.75 Å². The molecular weight excluding hydrogens is 566 g/mol. The lowest BCUT2D eigenvalue weighted by Gasteiger charge is -2.35. The van der Waals surface area contributed by atoms with E-state index in [0.717, 1.165) is 30.9 Å². The first-order chi connectivity index (χ1) is 19.7. The van der Waals surface area contributed by atoms with Gasteiger partial charge in [0.1, 0.15) is 28.9 Å². The Labute approximate surface area is 237 Å². The number of alkyl halides is 3. The second-order valence-electron chi connectivity index (χ2n) is 9.70. The van der Waals surface area contributed by atoms with E-state index in [1.165, 1.54) is 33.8 Å². The number of hydrogen-bond donors (Lipinski definition) is 0. The first-order valence-electron chi connectivity index (χ1n) is 12.9. The summed E-state index contributed by atoms with van der Waals surface area (Å²) in [4.78, 5) is 25.7. The van der Waals surface area contributed by atoms with Crippen LogP contribution >= 0.6 is 11.6 Å². The summed E-state index contributed by atoms with van der Waals surface area (Å²) in [5.41, 5.74) is 0.892. The number of imidazole rings is 1. The first kappa shape index (κ1) is 27.3. The van der Waals surface area contributed by atoms with Gasteiger partial charge in [-0.25, -0.2) is 9.37 Å². The second-order valence-corrected chi connectivity index (χ2v) is 10.1. The molecule has 0 aliphatic carbocycles. The Kier molecular flexibility index (Phi) is 7.20. The number of morpholine rings is 1. The molecule has 0 radical (unpaired) electrons. The van der Waals surface area contributed by atoms with E-state index in [1.54, 1.807) is 12.1 Å². The summed E-state index contributed by atoms with van der Waals surface area (Å²) >= 11 is 6.47. The molecule has 41 heavy (non-hydrogen) atoms. The molecular formula is C28H24ClF4N5O3. The first-order valence-corrected chi connectivity index (χ1v) is 13.3. The number of fused-ring (bicyclic) bond motifs is 3. The van der Waals surface area contributed by atoms with E-state index >= 15 is 4.39 Å². The van der Waals surface area contributed by atoms with E-state index in [2.05, 4.69) is 14.9 Å². The van der Waals surface area contributed by atoms with Crippen molar-refractivity contribution in [2.45, 2.75) is 18.6 Å². The third kappa shape index (κ3) is 5.29. The summed E-state index contributed by atoms with van der Waals surface area (Å²) in [7, 11) is 0. The Hall–Kier alpha value is -3.90. The maximum atomic E-state index is 15.1. The average Bonchev–Trinajstić information content (AvgIpc) is 3.34. The molecule has 0 saturated carbocycles. The largest absolute Gasteiger partial charge is 0.482 e. The highest BCUT2D eigenvalue weighted by molar-refractivity contribution is 6.32. The number of nitrogens with zero attached hydrogens (tertiary/aromatic N) is 5. The maximum Gasteiger partial charge on any atom is 0.416 e. The molecule has 1 unspecified atom stereocenters. The number of carbonyl (C=O) groups excluding carboxylic acids is 1. The monoisotopic (exact) mass is 589 g/mol. The highest BCUT2D eigenvalue weighted by atomic mass is 35.5. The highest BCUT2D eigenvalue weighted by Gasteiger charge is 2.39. The third-order valence-electron chi connectivity index (χ3n) is 7.24. The van der Waals surface area contributed by atoms with Crippen molar-refractivity contribution in [3.63, 3.8) is 0 Å². The van der Waals surface area contributed by atoms with Crippen molar-refractivity contribution in [2.24, 2.45) is 0 Å². The van der Waals surface area contributed by atoms with Crippen molar-refractivity contribution in [1.82, 2.24) is 19.3 Å². The van der Waals surface area contributed by atoms with E-state index in [9.17, 15) is 18.0 Å². The van der Waals surface area contributed by atoms with E-state index < -0.39 is 36.1 Å². The third-order valence-corrected chi connectivity index (χ3v) is 7.53. The lowest BCUT2D eigenvalue weighted by Crippen LogP contribution is -2.44. The Balaban J connectivity index is 1.29. The number of rotatable bonds is 5. The van der Waals surface area contributed by atoms with Crippen LogP contribution in [0.15, 0.2) is 54.9 Å². The van der Waals surface area contributed by atoms with E-state index in [4.69, 9.17) is 21.1 Å². The van der Waals surface area contributed by atoms with Crippen molar-refractivity contribution < 1.29 is 31.8 Å². The number of carbonyl (C=O) groups is 1. The van der Waals surface area contributed by atoms with Gasteiger partial charge in [-0.3, -0.25) is 9.78 Å². The number of benzene rings is 1. The second kappa shape index (κ2) is 10.8. The molecule has 0 bridgehead atoms. The summed E-state index contributed by atoms with van der Waals surface area (Å²) in [5, 5.41) is 0.331. The van der Waals surface area contributed by atoms with Gasteiger partial charge in [0, 0.05) is 44.1 Å². The van der Waals surface area contributed by atoms with Crippen LogP contribution in [0.4, 0.5) is 23.2 Å². The minimum atomic E-state index is -4.55. The molecule has 0 spiro atoms. The summed E-state index contributed by atoms with van der Waals surface area (Å²) in [6.45, 7) is 2.45. The van der Waals surface area contributed by atoms with Crippen molar-refractivity contribution >= 4 is 28.8 Å². The van der Waals surface area contributed by atoms with Gasteiger partial charge in [0.15, 0.2) is 6.61 Å². The number of halogens is 5. The SMILES string of the molecule is O=C(COc1ccc(N2CCOCC2)cc1Cl)N1CCc2nc3cc(C(F)(F)F)ccn3c2C1c1ncccc1F. The van der Waals surface area contributed by atoms with Crippen molar-refractivity contribution in [2.75, 3.05) is 44.4 Å². The Morgan fingerprint density at radius 2 is 1.93 bits per heavy atom. The van der Waals surface area contributed by atoms with Crippen molar-refractivity contribution in [3.8, 4) is 5.75 Å². The van der Waals surface area contributed by atoms with Gasteiger partial charge in [-0.05, 0) is 42.5 Å². The van der Waals surface area contributed by atoms with Gasteiger partial charge in [0.2, 0.25) is 0 Å². The van der Waals surface area contributed by atoms with Crippen LogP contribution in [0.25, 0.3) is 5.65 Å². The fourth-order valence-corrected chi connectivity index (χ4v) is 5.49. The van der Waals surface area contributed by atoms with Crippen LogP contribution in [-0.4, -0.2) is 64.6 Å². The van der Waals surface area contributed by atoms with Crippen molar-refractivity contribution in [1.29, 1.82) is 0 Å².